The summed E-state index contributed by atoms with van der Waals surface area (Å²) < 4.78 is 10.8. The first kappa shape index (κ1) is 18.7. The Morgan fingerprint density at radius 2 is 1.93 bits per heavy atom. The molecule has 2 aromatic carbocycles. The van der Waals surface area contributed by atoms with E-state index in [2.05, 4.69) is 24.3 Å². The largest absolute Gasteiger partial charge is 0.446 e. The van der Waals surface area contributed by atoms with Crippen molar-refractivity contribution < 1.29 is 14.3 Å². The van der Waals surface area contributed by atoms with Crippen molar-refractivity contribution in [1.29, 1.82) is 0 Å². The number of benzene rings is 2. The maximum Gasteiger partial charge on any atom is 0.414 e. The van der Waals surface area contributed by atoms with Crippen LogP contribution in [-0.2, 0) is 9.47 Å². The maximum atomic E-state index is 12.6. The van der Waals surface area contributed by atoms with Crippen LogP contribution in [0.3, 0.4) is 0 Å². The number of piperidine rings is 1. The van der Waals surface area contributed by atoms with Gasteiger partial charge in [-0.2, -0.15) is 0 Å². The molecule has 0 saturated carbocycles. The summed E-state index contributed by atoms with van der Waals surface area (Å²) in [6.07, 6.45) is 4.39. The Morgan fingerprint density at radius 1 is 1.14 bits per heavy atom. The minimum absolute atomic E-state index is 0.0393. The molecule has 1 amide bonds. The summed E-state index contributed by atoms with van der Waals surface area (Å²) >= 11 is 0. The molecule has 2 aliphatic rings. The number of ether oxygens (including phenoxy) is 2. The lowest BCUT2D eigenvalue weighted by Gasteiger charge is -2.34. The lowest BCUT2D eigenvalue weighted by Crippen LogP contribution is -2.45. The molecule has 146 valence electrons. The highest BCUT2D eigenvalue weighted by atomic mass is 16.6. The smallest absolute Gasteiger partial charge is 0.414 e. The molecule has 2 atom stereocenters. The van der Waals surface area contributed by atoms with Crippen LogP contribution in [-0.4, -0.2) is 42.9 Å². The fourth-order valence-electron chi connectivity index (χ4n) is 3.60. The van der Waals surface area contributed by atoms with Crippen LogP contribution in [0.4, 0.5) is 4.79 Å². The SMILES string of the molecule is NC1CCCN(C(=O)OCC2CCO2)/C1=C/c1cccc(-c2ccccc2)c1. The van der Waals surface area contributed by atoms with Gasteiger partial charge in [-0.1, -0.05) is 48.5 Å². The maximum absolute atomic E-state index is 12.6. The van der Waals surface area contributed by atoms with E-state index in [9.17, 15) is 4.79 Å². The van der Waals surface area contributed by atoms with E-state index in [1.54, 1.807) is 4.90 Å². The zero-order chi connectivity index (χ0) is 19.3. The second-order valence-electron chi connectivity index (χ2n) is 7.32. The van der Waals surface area contributed by atoms with Gasteiger partial charge in [0.2, 0.25) is 0 Å². The average Bonchev–Trinajstić information content (AvgIpc) is 2.69. The van der Waals surface area contributed by atoms with E-state index in [0.29, 0.717) is 13.2 Å². The van der Waals surface area contributed by atoms with Crippen LogP contribution in [0.2, 0.25) is 0 Å². The third-order valence-electron chi connectivity index (χ3n) is 5.30. The van der Waals surface area contributed by atoms with Crippen LogP contribution in [0.25, 0.3) is 17.2 Å². The molecule has 2 aromatic rings. The third-order valence-corrected chi connectivity index (χ3v) is 5.30. The summed E-state index contributed by atoms with van der Waals surface area (Å²) in [7, 11) is 0. The van der Waals surface area contributed by atoms with Crippen LogP contribution >= 0.6 is 0 Å². The van der Waals surface area contributed by atoms with Gasteiger partial charge in [-0.15, -0.1) is 0 Å². The Balaban J connectivity index is 1.55. The first-order chi connectivity index (χ1) is 13.7. The van der Waals surface area contributed by atoms with Crippen LogP contribution in [0.15, 0.2) is 60.3 Å². The lowest BCUT2D eigenvalue weighted by atomic mass is 9.98. The number of carbonyl (C=O) groups is 1. The summed E-state index contributed by atoms with van der Waals surface area (Å²) in [5.74, 6) is 0. The van der Waals surface area contributed by atoms with E-state index in [1.807, 2.05) is 36.4 Å². The summed E-state index contributed by atoms with van der Waals surface area (Å²) in [6.45, 7) is 1.68. The number of hydrogen-bond acceptors (Lipinski definition) is 4. The second kappa shape index (κ2) is 8.59. The fraction of sp³-hybridized carbons (Fsp3) is 0.348. The second-order valence-corrected chi connectivity index (χ2v) is 7.32. The summed E-state index contributed by atoms with van der Waals surface area (Å²) in [4.78, 5) is 14.3. The minimum Gasteiger partial charge on any atom is -0.446 e. The molecule has 0 radical (unpaired) electrons. The molecule has 0 spiro atoms. The molecule has 2 unspecified atom stereocenters. The van der Waals surface area contributed by atoms with Gasteiger partial charge in [-0.05, 0) is 41.7 Å². The van der Waals surface area contributed by atoms with E-state index in [0.717, 1.165) is 48.3 Å². The van der Waals surface area contributed by atoms with E-state index in [1.165, 1.54) is 0 Å². The number of hydrogen-bond donors (Lipinski definition) is 1. The predicted octanol–water partition coefficient (Wildman–Crippen LogP) is 4.04. The highest BCUT2D eigenvalue weighted by molar-refractivity contribution is 5.74. The van der Waals surface area contributed by atoms with Crippen LogP contribution in [0.5, 0.6) is 0 Å². The van der Waals surface area contributed by atoms with Gasteiger partial charge in [-0.3, -0.25) is 4.90 Å². The third kappa shape index (κ3) is 4.26. The van der Waals surface area contributed by atoms with Gasteiger partial charge < -0.3 is 15.2 Å². The monoisotopic (exact) mass is 378 g/mol. The number of nitrogens with zero attached hydrogens (tertiary/aromatic N) is 1. The Labute approximate surface area is 165 Å². The van der Waals surface area contributed by atoms with Gasteiger partial charge in [0.1, 0.15) is 6.61 Å². The van der Waals surface area contributed by atoms with Crippen molar-refractivity contribution in [2.45, 2.75) is 31.4 Å². The highest BCUT2D eigenvalue weighted by Gasteiger charge is 2.29. The van der Waals surface area contributed by atoms with E-state index in [-0.39, 0.29) is 18.2 Å². The summed E-state index contributed by atoms with van der Waals surface area (Å²) in [5.41, 5.74) is 10.5. The molecule has 5 heteroatoms. The Hall–Kier alpha value is -2.63. The normalized spacial score (nSPS) is 23.3. The van der Waals surface area contributed by atoms with Crippen LogP contribution in [0.1, 0.15) is 24.8 Å². The molecule has 4 rings (SSSR count). The van der Waals surface area contributed by atoms with Crippen molar-refractivity contribution in [3.05, 3.63) is 65.9 Å². The van der Waals surface area contributed by atoms with Gasteiger partial charge in [0.25, 0.3) is 0 Å². The zero-order valence-corrected chi connectivity index (χ0v) is 15.9. The van der Waals surface area contributed by atoms with E-state index in [4.69, 9.17) is 15.2 Å². The molecule has 2 aliphatic heterocycles. The number of likely N-dealkylation sites (tertiary alicyclic amines) is 1. The standard InChI is InChI=1S/C23H26N2O3/c24-21-10-5-12-25(23(26)28-16-20-11-13-27-20)22(21)15-17-6-4-9-19(14-17)18-7-2-1-3-8-18/h1-4,6-9,14-15,20-21H,5,10-13,16,24H2/b22-15+. The van der Waals surface area contributed by atoms with Crippen LogP contribution in [0, 0.1) is 0 Å². The zero-order valence-electron chi connectivity index (χ0n) is 15.9. The van der Waals surface area contributed by atoms with Gasteiger partial charge in [0, 0.05) is 31.3 Å². The van der Waals surface area contributed by atoms with E-state index >= 15 is 0 Å². The molecule has 0 bridgehead atoms. The quantitative estimate of drug-likeness (QED) is 0.872. The van der Waals surface area contributed by atoms with Crippen molar-refractivity contribution in [1.82, 2.24) is 4.90 Å². The van der Waals surface area contributed by atoms with Crippen molar-refractivity contribution in [2.24, 2.45) is 5.73 Å². The molecule has 0 aliphatic carbocycles. The van der Waals surface area contributed by atoms with E-state index < -0.39 is 0 Å². The fourth-order valence-corrected chi connectivity index (χ4v) is 3.60. The topological polar surface area (TPSA) is 64.8 Å². The first-order valence-corrected chi connectivity index (χ1v) is 9.89. The van der Waals surface area contributed by atoms with Gasteiger partial charge in [0.05, 0.1) is 6.10 Å². The van der Waals surface area contributed by atoms with Gasteiger partial charge >= 0.3 is 6.09 Å². The molecule has 0 aromatic heterocycles. The summed E-state index contributed by atoms with van der Waals surface area (Å²) in [5, 5.41) is 0. The molecule has 2 fully saturated rings. The van der Waals surface area contributed by atoms with Crippen molar-refractivity contribution in [2.75, 3.05) is 19.8 Å². The predicted molar refractivity (Wildman–Crippen MR) is 109 cm³/mol. The number of carbonyl (C=O) groups excluding carboxylic acids is 1. The number of amides is 1. The average molecular weight is 378 g/mol. The Morgan fingerprint density at radius 3 is 2.68 bits per heavy atom. The number of rotatable bonds is 4. The van der Waals surface area contributed by atoms with Gasteiger partial charge in [0.15, 0.2) is 0 Å². The Kier molecular flexibility index (Phi) is 5.74. The molecule has 2 saturated heterocycles. The molecule has 2 heterocycles. The van der Waals surface area contributed by atoms with Crippen molar-refractivity contribution in [3.63, 3.8) is 0 Å². The molecule has 5 nitrogen and oxygen atoms in total. The molecule has 28 heavy (non-hydrogen) atoms. The molecular formula is C23H26N2O3. The molecule has 2 N–H and O–H groups in total. The van der Waals surface area contributed by atoms with Crippen molar-refractivity contribution >= 4 is 12.2 Å². The first-order valence-electron chi connectivity index (χ1n) is 9.89. The number of nitrogens with two attached hydrogens (primary N) is 1. The lowest BCUT2D eigenvalue weighted by molar-refractivity contribution is -0.0822. The Bertz CT molecular complexity index is 846. The molecular weight excluding hydrogens is 352 g/mol. The minimum atomic E-state index is -0.337. The van der Waals surface area contributed by atoms with Gasteiger partial charge in [-0.25, -0.2) is 4.79 Å². The van der Waals surface area contributed by atoms with Crippen molar-refractivity contribution in [3.8, 4) is 11.1 Å². The van der Waals surface area contributed by atoms with Crippen LogP contribution < -0.4 is 5.73 Å². The highest BCUT2D eigenvalue weighted by Crippen LogP contribution is 2.26. The summed E-state index contributed by atoms with van der Waals surface area (Å²) in [6, 6.07) is 18.3.